The van der Waals surface area contributed by atoms with Gasteiger partial charge in [-0.05, 0) is 19.4 Å². The van der Waals surface area contributed by atoms with E-state index in [1.54, 1.807) is 0 Å². The predicted molar refractivity (Wildman–Crippen MR) is 52.3 cm³/mol. The lowest BCUT2D eigenvalue weighted by Crippen LogP contribution is -2.49. The SMILES string of the molecule is O=C(O)C(O)CNC(=O)[C@@H]1CCCCN1. The summed E-state index contributed by atoms with van der Waals surface area (Å²) in [5.74, 6) is -1.57. The average molecular weight is 216 g/mol. The number of rotatable bonds is 4. The van der Waals surface area contributed by atoms with Crippen molar-refractivity contribution in [3.05, 3.63) is 0 Å². The lowest BCUT2D eigenvalue weighted by Gasteiger charge is -2.22. The van der Waals surface area contributed by atoms with Crippen molar-refractivity contribution in [3.63, 3.8) is 0 Å². The van der Waals surface area contributed by atoms with Crippen molar-refractivity contribution in [2.24, 2.45) is 0 Å². The van der Waals surface area contributed by atoms with E-state index in [9.17, 15) is 9.59 Å². The van der Waals surface area contributed by atoms with Gasteiger partial charge in [-0.1, -0.05) is 6.42 Å². The highest BCUT2D eigenvalue weighted by molar-refractivity contribution is 5.82. The molecule has 1 heterocycles. The fourth-order valence-corrected chi connectivity index (χ4v) is 1.48. The van der Waals surface area contributed by atoms with Crippen LogP contribution in [0.5, 0.6) is 0 Å². The summed E-state index contributed by atoms with van der Waals surface area (Å²) in [5.41, 5.74) is 0. The Morgan fingerprint density at radius 3 is 2.73 bits per heavy atom. The Balaban J connectivity index is 2.25. The van der Waals surface area contributed by atoms with E-state index in [-0.39, 0.29) is 18.5 Å². The minimum Gasteiger partial charge on any atom is -0.479 e. The zero-order valence-corrected chi connectivity index (χ0v) is 8.40. The Bertz CT molecular complexity index is 238. The van der Waals surface area contributed by atoms with Crippen molar-refractivity contribution in [3.8, 4) is 0 Å². The normalized spacial score (nSPS) is 23.1. The van der Waals surface area contributed by atoms with Crippen molar-refractivity contribution in [2.75, 3.05) is 13.1 Å². The number of amides is 1. The largest absolute Gasteiger partial charge is 0.479 e. The monoisotopic (exact) mass is 216 g/mol. The third-order valence-electron chi connectivity index (χ3n) is 2.38. The quantitative estimate of drug-likeness (QED) is 0.467. The van der Waals surface area contributed by atoms with Crippen LogP contribution in [0.4, 0.5) is 0 Å². The summed E-state index contributed by atoms with van der Waals surface area (Å²) in [6, 6.07) is -0.250. The molecule has 0 aromatic carbocycles. The van der Waals surface area contributed by atoms with Crippen LogP contribution in [0.3, 0.4) is 0 Å². The van der Waals surface area contributed by atoms with Crippen molar-refractivity contribution >= 4 is 11.9 Å². The standard InChI is InChI=1S/C9H16N2O4/c12-7(9(14)15)5-11-8(13)6-3-1-2-4-10-6/h6-7,10,12H,1-5H2,(H,11,13)(H,14,15)/t6-,7?/m0/s1. The molecule has 1 amide bonds. The minimum absolute atomic E-state index is 0.241. The molecule has 2 atom stereocenters. The van der Waals surface area contributed by atoms with E-state index in [1.807, 2.05) is 0 Å². The van der Waals surface area contributed by atoms with E-state index in [2.05, 4.69) is 10.6 Å². The molecule has 1 saturated heterocycles. The highest BCUT2D eigenvalue weighted by atomic mass is 16.4. The second kappa shape index (κ2) is 5.67. The Hall–Kier alpha value is -1.14. The summed E-state index contributed by atoms with van der Waals surface area (Å²) < 4.78 is 0. The number of carboxylic acid groups (broad SMARTS) is 1. The molecule has 0 aliphatic carbocycles. The van der Waals surface area contributed by atoms with Crippen LogP contribution in [0, 0.1) is 0 Å². The molecule has 0 radical (unpaired) electrons. The molecule has 4 N–H and O–H groups in total. The fraction of sp³-hybridized carbons (Fsp3) is 0.778. The number of aliphatic hydroxyl groups is 1. The number of aliphatic hydroxyl groups excluding tert-OH is 1. The maximum atomic E-state index is 11.4. The molecular formula is C9H16N2O4. The Kier molecular flexibility index (Phi) is 4.51. The van der Waals surface area contributed by atoms with Crippen LogP contribution in [0.1, 0.15) is 19.3 Å². The van der Waals surface area contributed by atoms with Gasteiger partial charge in [0.05, 0.1) is 12.6 Å². The molecule has 1 unspecified atom stereocenters. The van der Waals surface area contributed by atoms with Gasteiger partial charge in [0.1, 0.15) is 0 Å². The van der Waals surface area contributed by atoms with E-state index in [4.69, 9.17) is 10.2 Å². The third-order valence-corrected chi connectivity index (χ3v) is 2.38. The van der Waals surface area contributed by atoms with Crippen LogP contribution in [0.25, 0.3) is 0 Å². The van der Waals surface area contributed by atoms with Gasteiger partial charge < -0.3 is 20.8 Å². The number of aliphatic carboxylic acids is 1. The molecule has 1 aliphatic rings. The first-order chi connectivity index (χ1) is 7.11. The lowest BCUT2D eigenvalue weighted by atomic mass is 10.0. The number of carboxylic acids is 1. The molecule has 15 heavy (non-hydrogen) atoms. The Morgan fingerprint density at radius 2 is 2.20 bits per heavy atom. The van der Waals surface area contributed by atoms with Crippen molar-refractivity contribution in [1.82, 2.24) is 10.6 Å². The summed E-state index contributed by atoms with van der Waals surface area (Å²) in [5, 5.41) is 22.8. The van der Waals surface area contributed by atoms with E-state index in [1.165, 1.54) is 0 Å². The van der Waals surface area contributed by atoms with Crippen molar-refractivity contribution in [2.45, 2.75) is 31.4 Å². The molecule has 86 valence electrons. The van der Waals surface area contributed by atoms with E-state index in [0.717, 1.165) is 25.8 Å². The van der Waals surface area contributed by atoms with Gasteiger partial charge in [-0.15, -0.1) is 0 Å². The number of nitrogens with one attached hydrogen (secondary N) is 2. The van der Waals surface area contributed by atoms with Gasteiger partial charge in [-0.25, -0.2) is 4.79 Å². The smallest absolute Gasteiger partial charge is 0.334 e. The minimum atomic E-state index is -1.53. The summed E-state index contributed by atoms with van der Waals surface area (Å²) in [6.07, 6.45) is 1.28. The van der Waals surface area contributed by atoms with Gasteiger partial charge in [0, 0.05) is 0 Å². The topological polar surface area (TPSA) is 98.7 Å². The molecule has 1 rings (SSSR count). The second-order valence-corrected chi connectivity index (χ2v) is 3.60. The first-order valence-electron chi connectivity index (χ1n) is 5.03. The predicted octanol–water partition coefficient (Wildman–Crippen LogP) is -1.31. The van der Waals surface area contributed by atoms with Crippen LogP contribution in [0.2, 0.25) is 0 Å². The summed E-state index contributed by atoms with van der Waals surface area (Å²) in [6.45, 7) is 0.561. The molecule has 1 aliphatic heterocycles. The Labute approximate surface area is 87.7 Å². The van der Waals surface area contributed by atoms with Gasteiger partial charge in [0.25, 0.3) is 0 Å². The number of carbonyl (C=O) groups excluding carboxylic acids is 1. The lowest BCUT2D eigenvalue weighted by molar-refractivity contribution is -0.146. The zero-order valence-electron chi connectivity index (χ0n) is 8.40. The summed E-state index contributed by atoms with van der Waals surface area (Å²) in [4.78, 5) is 21.7. The number of hydrogen-bond acceptors (Lipinski definition) is 4. The van der Waals surface area contributed by atoms with Crippen LogP contribution in [-0.4, -0.2) is 47.3 Å². The molecule has 0 bridgehead atoms. The van der Waals surface area contributed by atoms with E-state index >= 15 is 0 Å². The first kappa shape index (κ1) is 11.9. The van der Waals surface area contributed by atoms with Crippen LogP contribution in [-0.2, 0) is 9.59 Å². The van der Waals surface area contributed by atoms with Crippen molar-refractivity contribution < 1.29 is 19.8 Å². The first-order valence-corrected chi connectivity index (χ1v) is 5.03. The Morgan fingerprint density at radius 1 is 1.47 bits per heavy atom. The second-order valence-electron chi connectivity index (χ2n) is 3.60. The highest BCUT2D eigenvalue weighted by Gasteiger charge is 2.21. The number of carbonyl (C=O) groups is 2. The molecule has 1 fully saturated rings. The molecule has 6 heteroatoms. The highest BCUT2D eigenvalue weighted by Crippen LogP contribution is 2.06. The molecule has 0 aromatic rings. The molecule has 6 nitrogen and oxygen atoms in total. The van der Waals surface area contributed by atoms with Crippen LogP contribution in [0.15, 0.2) is 0 Å². The maximum Gasteiger partial charge on any atom is 0.334 e. The fourth-order valence-electron chi connectivity index (χ4n) is 1.48. The molecule has 0 spiro atoms. The zero-order chi connectivity index (χ0) is 11.3. The summed E-state index contributed by atoms with van der Waals surface area (Å²) >= 11 is 0. The number of piperidine rings is 1. The van der Waals surface area contributed by atoms with Gasteiger partial charge in [0.15, 0.2) is 6.10 Å². The van der Waals surface area contributed by atoms with Crippen LogP contribution >= 0.6 is 0 Å². The molecular weight excluding hydrogens is 200 g/mol. The van der Waals surface area contributed by atoms with E-state index < -0.39 is 12.1 Å². The molecule has 0 saturated carbocycles. The number of hydrogen-bond donors (Lipinski definition) is 4. The van der Waals surface area contributed by atoms with Crippen LogP contribution < -0.4 is 10.6 Å². The van der Waals surface area contributed by atoms with Gasteiger partial charge in [-0.2, -0.15) is 0 Å². The maximum absolute atomic E-state index is 11.4. The summed E-state index contributed by atoms with van der Waals surface area (Å²) in [7, 11) is 0. The van der Waals surface area contributed by atoms with Gasteiger partial charge in [-0.3, -0.25) is 4.79 Å². The third kappa shape index (κ3) is 3.85. The average Bonchev–Trinajstić information content (AvgIpc) is 2.26. The van der Waals surface area contributed by atoms with Gasteiger partial charge in [0.2, 0.25) is 5.91 Å². The van der Waals surface area contributed by atoms with Crippen molar-refractivity contribution in [1.29, 1.82) is 0 Å². The molecule has 0 aromatic heterocycles. The van der Waals surface area contributed by atoms with Gasteiger partial charge >= 0.3 is 5.97 Å². The van der Waals surface area contributed by atoms with E-state index in [0.29, 0.717) is 0 Å².